The molecule has 4 aromatic rings. The zero-order chi connectivity index (χ0) is 19.7. The fraction of sp³-hybridized carbons (Fsp3) is 0.136. The Bertz CT molecular complexity index is 1160. The summed E-state index contributed by atoms with van der Waals surface area (Å²) in [5, 5.41) is 0.978. The van der Waals surface area contributed by atoms with Crippen LogP contribution < -0.4 is 4.74 Å². The highest BCUT2D eigenvalue weighted by atomic mass is 16.5. The standard InChI is InChI=1S/C22H20N4O2/c1-26(2)22(27)16-8-14(10-23-11-16)15-9-18-19(13-25-21(18)24-12-15)17-6-4-5-7-20(17)28-3/h4-13H,1-3H3,(H,24,25). The molecule has 0 aliphatic rings. The number of ether oxygens (including phenoxy) is 1. The number of para-hydroxylation sites is 1. The van der Waals surface area contributed by atoms with E-state index in [4.69, 9.17) is 4.74 Å². The molecule has 0 radical (unpaired) electrons. The van der Waals surface area contributed by atoms with Crippen LogP contribution in [0, 0.1) is 0 Å². The Labute approximate surface area is 162 Å². The minimum Gasteiger partial charge on any atom is -0.496 e. The Morgan fingerprint density at radius 2 is 1.82 bits per heavy atom. The summed E-state index contributed by atoms with van der Waals surface area (Å²) in [5.41, 5.74) is 5.07. The molecule has 0 atom stereocenters. The van der Waals surface area contributed by atoms with E-state index in [0.717, 1.165) is 39.0 Å². The lowest BCUT2D eigenvalue weighted by atomic mass is 10.0. The zero-order valence-electron chi connectivity index (χ0n) is 15.9. The first-order valence-electron chi connectivity index (χ1n) is 8.86. The van der Waals surface area contributed by atoms with Gasteiger partial charge in [0.25, 0.3) is 5.91 Å². The number of rotatable bonds is 4. The molecule has 6 nitrogen and oxygen atoms in total. The van der Waals surface area contributed by atoms with Gasteiger partial charge in [-0.15, -0.1) is 0 Å². The molecule has 140 valence electrons. The maximum Gasteiger partial charge on any atom is 0.254 e. The number of amides is 1. The molecule has 0 fully saturated rings. The van der Waals surface area contributed by atoms with Crippen LogP contribution >= 0.6 is 0 Å². The van der Waals surface area contributed by atoms with Crippen molar-refractivity contribution < 1.29 is 9.53 Å². The van der Waals surface area contributed by atoms with Crippen molar-refractivity contribution in [2.24, 2.45) is 0 Å². The Balaban J connectivity index is 1.83. The smallest absolute Gasteiger partial charge is 0.254 e. The fourth-order valence-corrected chi connectivity index (χ4v) is 3.22. The van der Waals surface area contributed by atoms with Crippen molar-refractivity contribution >= 4 is 16.9 Å². The summed E-state index contributed by atoms with van der Waals surface area (Å²) in [4.78, 5) is 25.8. The van der Waals surface area contributed by atoms with Crippen LogP contribution in [0.5, 0.6) is 5.75 Å². The lowest BCUT2D eigenvalue weighted by Gasteiger charge is -2.11. The molecular formula is C22H20N4O2. The first-order valence-corrected chi connectivity index (χ1v) is 8.86. The van der Waals surface area contributed by atoms with E-state index in [1.165, 1.54) is 4.90 Å². The SMILES string of the molecule is COc1ccccc1-c1c[nH]c2ncc(-c3cncc(C(=O)N(C)C)c3)cc12. The maximum atomic E-state index is 12.3. The van der Waals surface area contributed by atoms with Gasteiger partial charge in [0.2, 0.25) is 0 Å². The Morgan fingerprint density at radius 1 is 1.04 bits per heavy atom. The van der Waals surface area contributed by atoms with Crippen LogP contribution in [-0.4, -0.2) is 47.0 Å². The van der Waals surface area contributed by atoms with E-state index in [2.05, 4.69) is 21.0 Å². The van der Waals surface area contributed by atoms with E-state index in [1.807, 2.05) is 36.5 Å². The summed E-state index contributed by atoms with van der Waals surface area (Å²) in [5.74, 6) is 0.716. The highest BCUT2D eigenvalue weighted by Gasteiger charge is 2.14. The van der Waals surface area contributed by atoms with E-state index in [1.54, 1.807) is 39.8 Å². The molecule has 28 heavy (non-hydrogen) atoms. The third-order valence-electron chi connectivity index (χ3n) is 4.65. The van der Waals surface area contributed by atoms with E-state index in [-0.39, 0.29) is 5.91 Å². The van der Waals surface area contributed by atoms with Gasteiger partial charge in [-0.1, -0.05) is 18.2 Å². The number of aromatic amines is 1. The summed E-state index contributed by atoms with van der Waals surface area (Å²) >= 11 is 0. The van der Waals surface area contributed by atoms with Crippen molar-refractivity contribution in [3.05, 3.63) is 66.7 Å². The number of fused-ring (bicyclic) bond motifs is 1. The number of aromatic nitrogens is 3. The molecule has 0 aliphatic carbocycles. The second-order valence-electron chi connectivity index (χ2n) is 6.68. The van der Waals surface area contributed by atoms with Crippen LogP contribution in [0.15, 0.2) is 61.2 Å². The molecule has 0 unspecified atom stereocenters. The topological polar surface area (TPSA) is 71.1 Å². The molecule has 1 aromatic carbocycles. The number of carbonyl (C=O) groups is 1. The third kappa shape index (κ3) is 3.09. The Kier molecular flexibility index (Phi) is 4.53. The molecular weight excluding hydrogens is 352 g/mol. The van der Waals surface area contributed by atoms with Gasteiger partial charge >= 0.3 is 0 Å². The average Bonchev–Trinajstić information content (AvgIpc) is 3.16. The zero-order valence-corrected chi connectivity index (χ0v) is 15.9. The van der Waals surface area contributed by atoms with Gasteiger partial charge in [0.1, 0.15) is 11.4 Å². The number of H-pyrrole nitrogens is 1. The molecule has 6 heteroatoms. The summed E-state index contributed by atoms with van der Waals surface area (Å²) in [7, 11) is 5.11. The lowest BCUT2D eigenvalue weighted by molar-refractivity contribution is 0.0827. The van der Waals surface area contributed by atoms with Gasteiger partial charge in [0.15, 0.2) is 0 Å². The van der Waals surface area contributed by atoms with E-state index in [0.29, 0.717) is 5.56 Å². The molecule has 0 aliphatic heterocycles. The molecule has 1 amide bonds. The van der Waals surface area contributed by atoms with Crippen molar-refractivity contribution in [3.8, 4) is 28.0 Å². The predicted octanol–water partition coefficient (Wildman–Crippen LogP) is 4.00. The average molecular weight is 372 g/mol. The Hall–Kier alpha value is -3.67. The van der Waals surface area contributed by atoms with Gasteiger partial charge in [-0.05, 0) is 18.2 Å². The molecule has 1 N–H and O–H groups in total. The predicted molar refractivity (Wildman–Crippen MR) is 109 cm³/mol. The quantitative estimate of drug-likeness (QED) is 0.588. The summed E-state index contributed by atoms with van der Waals surface area (Å²) < 4.78 is 5.51. The summed E-state index contributed by atoms with van der Waals surface area (Å²) in [6.07, 6.45) is 7.04. The number of hydrogen-bond acceptors (Lipinski definition) is 4. The number of hydrogen-bond donors (Lipinski definition) is 1. The monoisotopic (exact) mass is 372 g/mol. The largest absolute Gasteiger partial charge is 0.496 e. The molecule has 0 spiro atoms. The molecule has 0 saturated carbocycles. The first kappa shape index (κ1) is 17.7. The number of pyridine rings is 2. The van der Waals surface area contributed by atoms with Crippen LogP contribution in [-0.2, 0) is 0 Å². The minimum absolute atomic E-state index is 0.0836. The lowest BCUT2D eigenvalue weighted by Crippen LogP contribution is -2.21. The van der Waals surface area contributed by atoms with Crippen LogP contribution in [0.1, 0.15) is 10.4 Å². The van der Waals surface area contributed by atoms with Crippen molar-refractivity contribution in [1.29, 1.82) is 0 Å². The molecule has 0 saturated heterocycles. The third-order valence-corrected chi connectivity index (χ3v) is 4.65. The van der Waals surface area contributed by atoms with Crippen LogP contribution in [0.3, 0.4) is 0 Å². The molecule has 4 rings (SSSR count). The summed E-state index contributed by atoms with van der Waals surface area (Å²) in [6, 6.07) is 11.8. The second kappa shape index (κ2) is 7.15. The van der Waals surface area contributed by atoms with Crippen molar-refractivity contribution in [2.45, 2.75) is 0 Å². The minimum atomic E-state index is -0.0836. The number of nitrogens with zero attached hydrogens (tertiary/aromatic N) is 3. The van der Waals surface area contributed by atoms with Gasteiger partial charge < -0.3 is 14.6 Å². The second-order valence-corrected chi connectivity index (χ2v) is 6.68. The maximum absolute atomic E-state index is 12.3. The van der Waals surface area contributed by atoms with Crippen molar-refractivity contribution in [3.63, 3.8) is 0 Å². The molecule has 0 bridgehead atoms. The van der Waals surface area contributed by atoms with Gasteiger partial charge in [-0.2, -0.15) is 0 Å². The Morgan fingerprint density at radius 3 is 2.61 bits per heavy atom. The van der Waals surface area contributed by atoms with E-state index >= 15 is 0 Å². The molecule has 3 aromatic heterocycles. The van der Waals surface area contributed by atoms with E-state index < -0.39 is 0 Å². The van der Waals surface area contributed by atoms with Crippen LogP contribution in [0.4, 0.5) is 0 Å². The highest BCUT2D eigenvalue weighted by Crippen LogP contribution is 2.35. The van der Waals surface area contributed by atoms with Gasteiger partial charge in [-0.25, -0.2) is 4.98 Å². The number of carbonyl (C=O) groups excluding carboxylic acids is 1. The highest BCUT2D eigenvalue weighted by molar-refractivity contribution is 5.98. The first-order chi connectivity index (χ1) is 13.6. The fourth-order valence-electron chi connectivity index (χ4n) is 3.22. The van der Waals surface area contributed by atoms with Gasteiger partial charge in [-0.3, -0.25) is 9.78 Å². The normalized spacial score (nSPS) is 10.8. The molecule has 3 heterocycles. The van der Waals surface area contributed by atoms with Crippen molar-refractivity contribution in [2.75, 3.05) is 21.2 Å². The van der Waals surface area contributed by atoms with Crippen molar-refractivity contribution in [1.82, 2.24) is 19.9 Å². The van der Waals surface area contributed by atoms with Gasteiger partial charge in [0.05, 0.1) is 12.7 Å². The number of methoxy groups -OCH3 is 1. The van der Waals surface area contributed by atoms with Crippen LogP contribution in [0.2, 0.25) is 0 Å². The van der Waals surface area contributed by atoms with Gasteiger partial charge in [0, 0.05) is 66.5 Å². The summed E-state index contributed by atoms with van der Waals surface area (Å²) in [6.45, 7) is 0. The van der Waals surface area contributed by atoms with Crippen LogP contribution in [0.25, 0.3) is 33.3 Å². The number of nitrogens with one attached hydrogen (secondary N) is 1. The van der Waals surface area contributed by atoms with E-state index in [9.17, 15) is 4.79 Å². The number of benzene rings is 1.